The van der Waals surface area contributed by atoms with E-state index in [0.29, 0.717) is 25.4 Å². The Labute approximate surface area is 132 Å². The van der Waals surface area contributed by atoms with Crippen LogP contribution in [0.4, 0.5) is 0 Å². The first-order valence-electron chi connectivity index (χ1n) is 7.90. The molecule has 1 fully saturated rings. The van der Waals surface area contributed by atoms with Crippen molar-refractivity contribution >= 4 is 5.91 Å². The molecule has 0 aromatic carbocycles. The van der Waals surface area contributed by atoms with Crippen molar-refractivity contribution < 1.29 is 9.90 Å². The van der Waals surface area contributed by atoms with Gasteiger partial charge in [-0.15, -0.1) is 0 Å². The molecule has 122 valence electrons. The van der Waals surface area contributed by atoms with Crippen LogP contribution < -0.4 is 0 Å². The van der Waals surface area contributed by atoms with Gasteiger partial charge in [-0.1, -0.05) is 0 Å². The zero-order chi connectivity index (χ0) is 15.9. The number of likely N-dealkylation sites (tertiary alicyclic amines) is 1. The number of hydrogen-bond donors (Lipinski definition) is 1. The number of aryl methyl sites for hydroxylation is 1. The fourth-order valence-electron chi connectivity index (χ4n) is 2.88. The average molecular weight is 306 g/mol. The van der Waals surface area contributed by atoms with Crippen molar-refractivity contribution in [3.8, 4) is 0 Å². The lowest BCUT2D eigenvalue weighted by Gasteiger charge is -2.29. The minimum atomic E-state index is 0.137. The topological polar surface area (TPSA) is 69.6 Å². The molecule has 2 rings (SSSR count). The van der Waals surface area contributed by atoms with Crippen molar-refractivity contribution in [3.05, 3.63) is 24.3 Å². The van der Waals surface area contributed by atoms with Crippen LogP contribution in [0.5, 0.6) is 0 Å². The highest BCUT2D eigenvalue weighted by Crippen LogP contribution is 2.19. The molecular weight excluding hydrogens is 280 g/mol. The summed E-state index contributed by atoms with van der Waals surface area (Å²) in [6.07, 6.45) is 8.02. The van der Waals surface area contributed by atoms with Gasteiger partial charge in [0.15, 0.2) is 0 Å². The number of hydrogen-bond acceptors (Lipinski definition) is 5. The molecule has 1 aliphatic rings. The summed E-state index contributed by atoms with van der Waals surface area (Å²) in [4.78, 5) is 24.8. The minimum Gasteiger partial charge on any atom is -0.396 e. The molecule has 1 amide bonds. The van der Waals surface area contributed by atoms with Crippen LogP contribution in [0.25, 0.3) is 0 Å². The molecule has 2 heterocycles. The lowest BCUT2D eigenvalue weighted by molar-refractivity contribution is -0.132. The Bertz CT molecular complexity index is 466. The SMILES string of the molecule is CN(C)[C@@H]1CC[C@H](CO)CN(C(=O)CCc2cnccn2)C1. The summed E-state index contributed by atoms with van der Waals surface area (Å²) in [6, 6.07) is 0.358. The predicted molar refractivity (Wildman–Crippen MR) is 84.2 cm³/mol. The molecule has 1 saturated heterocycles. The molecule has 2 atom stereocenters. The number of carbonyl (C=O) groups is 1. The first-order valence-corrected chi connectivity index (χ1v) is 7.90. The van der Waals surface area contributed by atoms with E-state index in [2.05, 4.69) is 14.9 Å². The molecule has 0 radical (unpaired) electrons. The fourth-order valence-corrected chi connectivity index (χ4v) is 2.88. The van der Waals surface area contributed by atoms with E-state index in [4.69, 9.17) is 0 Å². The van der Waals surface area contributed by atoms with Crippen LogP contribution in [-0.4, -0.2) is 70.6 Å². The van der Waals surface area contributed by atoms with Crippen LogP contribution >= 0.6 is 0 Å². The van der Waals surface area contributed by atoms with E-state index >= 15 is 0 Å². The van der Waals surface area contributed by atoms with Gasteiger partial charge in [-0.2, -0.15) is 0 Å². The van der Waals surface area contributed by atoms with Gasteiger partial charge in [-0.3, -0.25) is 14.8 Å². The molecule has 1 aromatic heterocycles. The fraction of sp³-hybridized carbons (Fsp3) is 0.688. The highest BCUT2D eigenvalue weighted by Gasteiger charge is 2.27. The second-order valence-electron chi connectivity index (χ2n) is 6.24. The number of amides is 1. The van der Waals surface area contributed by atoms with E-state index in [0.717, 1.165) is 25.1 Å². The van der Waals surface area contributed by atoms with Crippen LogP contribution in [0.15, 0.2) is 18.6 Å². The van der Waals surface area contributed by atoms with Gasteiger partial charge in [0.1, 0.15) is 0 Å². The summed E-state index contributed by atoms with van der Waals surface area (Å²) in [7, 11) is 4.10. The Balaban J connectivity index is 1.95. The van der Waals surface area contributed by atoms with E-state index in [-0.39, 0.29) is 18.4 Å². The summed E-state index contributed by atoms with van der Waals surface area (Å²) >= 11 is 0. The molecule has 6 heteroatoms. The van der Waals surface area contributed by atoms with E-state index < -0.39 is 0 Å². The first-order chi connectivity index (χ1) is 10.6. The van der Waals surface area contributed by atoms with Crippen molar-refractivity contribution in [1.29, 1.82) is 0 Å². The first kappa shape index (κ1) is 16.8. The quantitative estimate of drug-likeness (QED) is 0.861. The summed E-state index contributed by atoms with van der Waals surface area (Å²) < 4.78 is 0. The number of aromatic nitrogens is 2. The largest absolute Gasteiger partial charge is 0.396 e. The molecule has 1 N–H and O–H groups in total. The second-order valence-corrected chi connectivity index (χ2v) is 6.24. The smallest absolute Gasteiger partial charge is 0.223 e. The molecule has 1 aliphatic heterocycles. The molecule has 0 unspecified atom stereocenters. The molecule has 22 heavy (non-hydrogen) atoms. The maximum atomic E-state index is 12.5. The van der Waals surface area contributed by atoms with Gasteiger partial charge in [0.25, 0.3) is 0 Å². The van der Waals surface area contributed by atoms with Crippen LogP contribution in [0.1, 0.15) is 25.0 Å². The Kier molecular flexibility index (Phi) is 6.27. The van der Waals surface area contributed by atoms with Gasteiger partial charge in [0.05, 0.1) is 5.69 Å². The number of carbonyl (C=O) groups excluding carboxylic acids is 1. The third kappa shape index (κ3) is 4.74. The average Bonchev–Trinajstić information content (AvgIpc) is 2.76. The second kappa shape index (κ2) is 8.19. The standard InChI is InChI=1S/C16H26N4O2/c1-19(2)15-5-3-13(12-21)10-20(11-15)16(22)6-4-14-9-17-7-8-18-14/h7-9,13,15,21H,3-6,10-12H2,1-2H3/t13-,15+/m0/s1. The zero-order valence-corrected chi connectivity index (χ0v) is 13.5. The summed E-state index contributed by atoms with van der Waals surface area (Å²) in [5, 5.41) is 9.48. The summed E-state index contributed by atoms with van der Waals surface area (Å²) in [5.41, 5.74) is 0.841. The van der Waals surface area contributed by atoms with E-state index in [1.54, 1.807) is 18.6 Å². The van der Waals surface area contributed by atoms with Crippen LogP contribution in [0.3, 0.4) is 0 Å². The Morgan fingerprint density at radius 1 is 1.36 bits per heavy atom. The Morgan fingerprint density at radius 3 is 2.82 bits per heavy atom. The lowest BCUT2D eigenvalue weighted by Crippen LogP contribution is -2.42. The molecular formula is C16H26N4O2. The molecule has 0 spiro atoms. The Hall–Kier alpha value is -1.53. The number of rotatable bonds is 5. The highest BCUT2D eigenvalue weighted by molar-refractivity contribution is 5.76. The third-order valence-corrected chi connectivity index (χ3v) is 4.37. The summed E-state index contributed by atoms with van der Waals surface area (Å²) in [5.74, 6) is 0.322. The highest BCUT2D eigenvalue weighted by atomic mass is 16.3. The van der Waals surface area contributed by atoms with Gasteiger partial charge in [0, 0.05) is 50.7 Å². The van der Waals surface area contributed by atoms with Gasteiger partial charge in [-0.05, 0) is 39.3 Å². The molecule has 1 aromatic rings. The van der Waals surface area contributed by atoms with Crippen molar-refractivity contribution in [1.82, 2.24) is 19.8 Å². The maximum Gasteiger partial charge on any atom is 0.223 e. The zero-order valence-electron chi connectivity index (χ0n) is 13.5. The minimum absolute atomic E-state index is 0.137. The molecule has 0 saturated carbocycles. The van der Waals surface area contributed by atoms with Gasteiger partial charge in [0.2, 0.25) is 5.91 Å². The van der Waals surface area contributed by atoms with Crippen molar-refractivity contribution in [2.24, 2.45) is 5.92 Å². The van der Waals surface area contributed by atoms with E-state index in [1.165, 1.54) is 0 Å². The van der Waals surface area contributed by atoms with Gasteiger partial charge in [-0.25, -0.2) is 0 Å². The van der Waals surface area contributed by atoms with Gasteiger partial charge < -0.3 is 14.9 Å². The van der Waals surface area contributed by atoms with Crippen LogP contribution in [0.2, 0.25) is 0 Å². The van der Waals surface area contributed by atoms with Crippen molar-refractivity contribution in [2.45, 2.75) is 31.7 Å². The van der Waals surface area contributed by atoms with Crippen LogP contribution in [-0.2, 0) is 11.2 Å². The molecule has 6 nitrogen and oxygen atoms in total. The molecule has 0 bridgehead atoms. The maximum absolute atomic E-state index is 12.5. The van der Waals surface area contributed by atoms with Crippen LogP contribution in [0, 0.1) is 5.92 Å². The lowest BCUT2D eigenvalue weighted by atomic mass is 10.0. The van der Waals surface area contributed by atoms with E-state index in [1.807, 2.05) is 19.0 Å². The van der Waals surface area contributed by atoms with Crippen molar-refractivity contribution in [3.63, 3.8) is 0 Å². The normalized spacial score (nSPS) is 22.6. The number of aliphatic hydroxyl groups excluding tert-OH is 1. The summed E-state index contributed by atoms with van der Waals surface area (Å²) in [6.45, 7) is 1.54. The van der Waals surface area contributed by atoms with E-state index in [9.17, 15) is 9.90 Å². The Morgan fingerprint density at radius 2 is 2.18 bits per heavy atom. The molecule has 0 aliphatic carbocycles. The third-order valence-electron chi connectivity index (χ3n) is 4.37. The monoisotopic (exact) mass is 306 g/mol. The van der Waals surface area contributed by atoms with Crippen molar-refractivity contribution in [2.75, 3.05) is 33.8 Å². The number of likely N-dealkylation sites (N-methyl/N-ethyl adjacent to an activating group) is 1. The van der Waals surface area contributed by atoms with Gasteiger partial charge >= 0.3 is 0 Å². The number of nitrogens with zero attached hydrogens (tertiary/aromatic N) is 4. The number of aliphatic hydroxyl groups is 1. The predicted octanol–water partition coefficient (Wildman–Crippen LogP) is 0.570.